The summed E-state index contributed by atoms with van der Waals surface area (Å²) >= 11 is 6.50. The second-order valence-corrected chi connectivity index (χ2v) is 4.86. The highest BCUT2D eigenvalue weighted by atomic mass is 79.9. The van der Waals surface area contributed by atoms with Crippen molar-refractivity contribution < 1.29 is 13.5 Å². The lowest BCUT2D eigenvalue weighted by molar-refractivity contribution is -0.0498. The lowest BCUT2D eigenvalue weighted by Gasteiger charge is -2.05. The fourth-order valence-corrected chi connectivity index (χ4v) is 2.38. The molecule has 2 rings (SSSR count). The Hall–Kier alpha value is -1.08. The molecule has 0 saturated heterocycles. The van der Waals surface area contributed by atoms with E-state index < -0.39 is 6.61 Å². The van der Waals surface area contributed by atoms with Gasteiger partial charge in [0.2, 0.25) is 0 Å². The van der Waals surface area contributed by atoms with E-state index in [-0.39, 0.29) is 5.75 Å². The number of nitrogens with zero attached hydrogens (tertiary/aromatic N) is 2. The van der Waals surface area contributed by atoms with Gasteiger partial charge in [-0.2, -0.15) is 8.78 Å². The number of rotatable bonds is 3. The molecule has 18 heavy (non-hydrogen) atoms. The zero-order chi connectivity index (χ0) is 13.1. The van der Waals surface area contributed by atoms with Gasteiger partial charge in [0.05, 0.1) is 0 Å². The number of benzene rings is 1. The number of hydrogen-bond acceptors (Lipinski definition) is 3. The van der Waals surface area contributed by atoms with Crippen molar-refractivity contribution in [1.29, 1.82) is 0 Å². The Labute approximate surface area is 118 Å². The highest BCUT2D eigenvalue weighted by Gasteiger charge is 2.07. The summed E-state index contributed by atoms with van der Waals surface area (Å²) in [6.45, 7) is -2.83. The number of halogens is 4. The van der Waals surface area contributed by atoms with E-state index in [1.807, 2.05) is 0 Å². The van der Waals surface area contributed by atoms with Crippen LogP contribution in [0.1, 0.15) is 0 Å². The molecule has 2 aromatic rings. The molecule has 1 aromatic heterocycles. The summed E-state index contributed by atoms with van der Waals surface area (Å²) in [5, 5.41) is 0. The summed E-state index contributed by atoms with van der Waals surface area (Å²) in [5.74, 6) is 0.586. The molecule has 0 aliphatic heterocycles. The highest BCUT2D eigenvalue weighted by molar-refractivity contribution is 9.11. The van der Waals surface area contributed by atoms with Gasteiger partial charge in [0.25, 0.3) is 0 Å². The van der Waals surface area contributed by atoms with Gasteiger partial charge < -0.3 is 4.74 Å². The maximum Gasteiger partial charge on any atom is 0.387 e. The predicted molar refractivity (Wildman–Crippen MR) is 69.5 cm³/mol. The van der Waals surface area contributed by atoms with E-state index in [1.165, 1.54) is 12.1 Å². The number of hydrogen-bond donors (Lipinski definition) is 0. The first-order valence-electron chi connectivity index (χ1n) is 4.80. The van der Waals surface area contributed by atoms with Crippen LogP contribution in [-0.2, 0) is 0 Å². The van der Waals surface area contributed by atoms with Gasteiger partial charge in [-0.1, -0.05) is 0 Å². The predicted octanol–water partition coefficient (Wildman–Crippen LogP) is 4.27. The van der Waals surface area contributed by atoms with E-state index >= 15 is 0 Å². The molecule has 94 valence electrons. The fraction of sp³-hybridized carbons (Fsp3) is 0.0909. The van der Waals surface area contributed by atoms with Crippen molar-refractivity contribution in [3.05, 3.63) is 39.5 Å². The molecule has 0 atom stereocenters. The number of alkyl halides is 2. The van der Waals surface area contributed by atoms with Crippen LogP contribution in [0, 0.1) is 0 Å². The monoisotopic (exact) mass is 378 g/mol. The Morgan fingerprint density at radius 1 is 1.00 bits per heavy atom. The molecular weight excluding hydrogens is 374 g/mol. The minimum absolute atomic E-state index is 0.0998. The Morgan fingerprint density at radius 3 is 2.06 bits per heavy atom. The zero-order valence-corrected chi connectivity index (χ0v) is 12.0. The van der Waals surface area contributed by atoms with E-state index in [1.54, 1.807) is 18.2 Å². The minimum atomic E-state index is -2.83. The third-order valence-electron chi connectivity index (χ3n) is 2.00. The van der Waals surface area contributed by atoms with Crippen molar-refractivity contribution in [2.45, 2.75) is 6.61 Å². The standard InChI is InChI=1S/C11H6Br2F2N2O/c12-8-5-9(13)17-10(16-8)6-1-3-7(4-2-6)18-11(14)15/h1-5,11H. The number of aromatic nitrogens is 2. The van der Waals surface area contributed by atoms with Crippen LogP contribution in [0.25, 0.3) is 11.4 Å². The summed E-state index contributed by atoms with van der Waals surface area (Å²) in [7, 11) is 0. The first kappa shape index (κ1) is 13.4. The first-order valence-corrected chi connectivity index (χ1v) is 6.38. The van der Waals surface area contributed by atoms with Crippen LogP contribution < -0.4 is 4.74 Å². The van der Waals surface area contributed by atoms with E-state index in [0.29, 0.717) is 20.6 Å². The average molecular weight is 380 g/mol. The van der Waals surface area contributed by atoms with Crippen LogP contribution >= 0.6 is 31.9 Å². The molecule has 0 unspecified atom stereocenters. The molecule has 0 amide bonds. The van der Waals surface area contributed by atoms with Crippen LogP contribution in [0.3, 0.4) is 0 Å². The van der Waals surface area contributed by atoms with Crippen LogP contribution in [0.2, 0.25) is 0 Å². The van der Waals surface area contributed by atoms with E-state index in [2.05, 4.69) is 46.6 Å². The van der Waals surface area contributed by atoms with Gasteiger partial charge in [0, 0.05) is 11.6 Å². The van der Waals surface area contributed by atoms with Crippen molar-refractivity contribution in [3.8, 4) is 17.1 Å². The van der Waals surface area contributed by atoms with Crippen molar-refractivity contribution >= 4 is 31.9 Å². The second kappa shape index (κ2) is 5.71. The van der Waals surface area contributed by atoms with Crippen molar-refractivity contribution in [3.63, 3.8) is 0 Å². The molecule has 0 bridgehead atoms. The quantitative estimate of drug-likeness (QED) is 0.747. The molecule has 0 fully saturated rings. The summed E-state index contributed by atoms with van der Waals surface area (Å²) in [5.41, 5.74) is 0.707. The lowest BCUT2D eigenvalue weighted by atomic mass is 10.2. The SMILES string of the molecule is FC(F)Oc1ccc(-c2nc(Br)cc(Br)n2)cc1. The molecule has 0 saturated carbocycles. The smallest absolute Gasteiger partial charge is 0.387 e. The van der Waals surface area contributed by atoms with Gasteiger partial charge >= 0.3 is 6.61 Å². The number of ether oxygens (including phenoxy) is 1. The van der Waals surface area contributed by atoms with Gasteiger partial charge in [0.1, 0.15) is 15.0 Å². The molecule has 0 N–H and O–H groups in total. The van der Waals surface area contributed by atoms with Gasteiger partial charge in [-0.15, -0.1) is 0 Å². The highest BCUT2D eigenvalue weighted by Crippen LogP contribution is 2.23. The van der Waals surface area contributed by atoms with E-state index in [4.69, 9.17) is 0 Å². The van der Waals surface area contributed by atoms with Crippen molar-refractivity contribution in [2.24, 2.45) is 0 Å². The molecule has 1 aromatic carbocycles. The molecule has 0 aliphatic rings. The van der Waals surface area contributed by atoms with Crippen LogP contribution in [0.4, 0.5) is 8.78 Å². The van der Waals surface area contributed by atoms with Gasteiger partial charge in [-0.3, -0.25) is 0 Å². The van der Waals surface area contributed by atoms with Crippen LogP contribution in [-0.4, -0.2) is 16.6 Å². The molecule has 3 nitrogen and oxygen atoms in total. The van der Waals surface area contributed by atoms with Crippen LogP contribution in [0.15, 0.2) is 39.5 Å². The zero-order valence-electron chi connectivity index (χ0n) is 8.78. The molecule has 1 heterocycles. The average Bonchev–Trinajstić information content (AvgIpc) is 2.27. The summed E-state index contributed by atoms with van der Waals surface area (Å²) in [4.78, 5) is 8.36. The Bertz CT molecular complexity index is 529. The third-order valence-corrected chi connectivity index (χ3v) is 2.81. The summed E-state index contributed by atoms with van der Waals surface area (Å²) in [6, 6.07) is 7.83. The van der Waals surface area contributed by atoms with Gasteiger partial charge in [-0.05, 0) is 56.1 Å². The first-order chi connectivity index (χ1) is 8.54. The molecule has 0 radical (unpaired) electrons. The summed E-state index contributed by atoms with van der Waals surface area (Å²) in [6.07, 6.45) is 0. The van der Waals surface area contributed by atoms with Crippen molar-refractivity contribution in [1.82, 2.24) is 9.97 Å². The Kier molecular flexibility index (Phi) is 4.23. The lowest BCUT2D eigenvalue weighted by Crippen LogP contribution is -2.01. The molecule has 0 aliphatic carbocycles. The minimum Gasteiger partial charge on any atom is -0.435 e. The van der Waals surface area contributed by atoms with Gasteiger partial charge in [-0.25, -0.2) is 9.97 Å². The molecular formula is C11H6Br2F2N2O. The second-order valence-electron chi connectivity index (χ2n) is 3.24. The maximum absolute atomic E-state index is 12.0. The Balaban J connectivity index is 2.28. The van der Waals surface area contributed by atoms with Crippen molar-refractivity contribution in [2.75, 3.05) is 0 Å². The molecule has 0 spiro atoms. The summed E-state index contributed by atoms with van der Waals surface area (Å²) < 4.78 is 29.5. The largest absolute Gasteiger partial charge is 0.435 e. The van der Waals surface area contributed by atoms with Gasteiger partial charge in [0.15, 0.2) is 5.82 Å². The normalized spacial score (nSPS) is 10.7. The fourth-order valence-electron chi connectivity index (χ4n) is 1.30. The third kappa shape index (κ3) is 3.46. The van der Waals surface area contributed by atoms with Crippen LogP contribution in [0.5, 0.6) is 5.75 Å². The molecule has 7 heteroatoms. The maximum atomic E-state index is 12.0. The Morgan fingerprint density at radius 2 is 1.56 bits per heavy atom. The van der Waals surface area contributed by atoms with E-state index in [0.717, 1.165) is 0 Å². The van der Waals surface area contributed by atoms with E-state index in [9.17, 15) is 8.78 Å². The topological polar surface area (TPSA) is 35.0 Å².